The fourth-order valence-corrected chi connectivity index (χ4v) is 2.63. The average molecular weight is 434 g/mol. The molecule has 0 atom stereocenters. The third-order valence-corrected chi connectivity index (χ3v) is 4.01. The molecule has 1 aromatic rings. The van der Waals surface area contributed by atoms with Gasteiger partial charge in [0, 0.05) is 45.0 Å². The molecular weight excluding hydrogens is 403 g/mol. The summed E-state index contributed by atoms with van der Waals surface area (Å²) in [5, 5.41) is 10.9. The summed E-state index contributed by atoms with van der Waals surface area (Å²) in [6, 6.07) is 3.42. The van der Waals surface area contributed by atoms with Gasteiger partial charge in [0.25, 0.3) is 0 Å². The highest BCUT2D eigenvalue weighted by Crippen LogP contribution is 2.27. The molecule has 0 unspecified atom stereocenters. The maximum Gasteiger partial charge on any atom is 0.191 e. The normalized spacial score (nSPS) is 15.0. The van der Waals surface area contributed by atoms with Crippen LogP contribution in [0.2, 0.25) is 0 Å². The van der Waals surface area contributed by atoms with E-state index < -0.39 is 0 Å². The number of aliphatic imine (C=N–C) groups is 1. The second-order valence-electron chi connectivity index (χ2n) is 6.13. The molecule has 0 spiro atoms. The van der Waals surface area contributed by atoms with E-state index in [9.17, 15) is 0 Å². The van der Waals surface area contributed by atoms with Gasteiger partial charge in [-0.3, -0.25) is 9.58 Å². The van der Waals surface area contributed by atoms with Gasteiger partial charge in [0.15, 0.2) is 5.96 Å². The molecule has 0 saturated heterocycles. The van der Waals surface area contributed by atoms with E-state index in [-0.39, 0.29) is 24.0 Å². The molecule has 6 nitrogen and oxygen atoms in total. The monoisotopic (exact) mass is 434 g/mol. The maximum absolute atomic E-state index is 4.63. The first-order chi connectivity index (χ1) is 10.6. The Hall–Kier alpha value is -0.830. The largest absolute Gasteiger partial charge is 0.357 e. The van der Waals surface area contributed by atoms with E-state index >= 15 is 0 Å². The summed E-state index contributed by atoms with van der Waals surface area (Å²) in [6.07, 6.45) is 4.51. The van der Waals surface area contributed by atoms with Crippen LogP contribution in [-0.4, -0.2) is 52.4 Å². The predicted molar refractivity (Wildman–Crippen MR) is 106 cm³/mol. The van der Waals surface area contributed by atoms with Gasteiger partial charge >= 0.3 is 0 Å². The van der Waals surface area contributed by atoms with Crippen molar-refractivity contribution in [2.75, 3.05) is 19.6 Å². The SMILES string of the molecule is CCNC(=NCc1ccnn1C)NCCN(C(C)C)C1CC1.I. The lowest BCUT2D eigenvalue weighted by Crippen LogP contribution is -2.43. The highest BCUT2D eigenvalue weighted by molar-refractivity contribution is 14.0. The summed E-state index contributed by atoms with van der Waals surface area (Å²) < 4.78 is 1.86. The summed E-state index contributed by atoms with van der Waals surface area (Å²) >= 11 is 0. The van der Waals surface area contributed by atoms with Crippen molar-refractivity contribution in [3.05, 3.63) is 18.0 Å². The van der Waals surface area contributed by atoms with Crippen LogP contribution in [0, 0.1) is 0 Å². The molecule has 0 bridgehead atoms. The molecule has 0 radical (unpaired) electrons. The maximum atomic E-state index is 4.63. The first-order valence-electron chi connectivity index (χ1n) is 8.36. The van der Waals surface area contributed by atoms with Gasteiger partial charge in [-0.05, 0) is 39.7 Å². The fourth-order valence-electron chi connectivity index (χ4n) is 2.63. The van der Waals surface area contributed by atoms with Crippen molar-refractivity contribution < 1.29 is 0 Å². The van der Waals surface area contributed by atoms with E-state index in [4.69, 9.17) is 0 Å². The molecule has 1 heterocycles. The van der Waals surface area contributed by atoms with E-state index in [0.29, 0.717) is 12.6 Å². The minimum atomic E-state index is 0. The number of guanidine groups is 1. The van der Waals surface area contributed by atoms with E-state index in [1.807, 2.05) is 17.8 Å². The Bertz CT molecular complexity index is 479. The standard InChI is InChI=1S/C16H30N6.HI/c1-5-17-16(19-12-15-8-9-20-21(15)4)18-10-11-22(13(2)3)14-6-7-14;/h8-9,13-14H,5-7,10-12H2,1-4H3,(H2,17,18,19);1H. The molecule has 2 N–H and O–H groups in total. The number of nitrogens with one attached hydrogen (secondary N) is 2. The lowest BCUT2D eigenvalue weighted by molar-refractivity contribution is 0.215. The number of hydrogen-bond acceptors (Lipinski definition) is 3. The first-order valence-corrected chi connectivity index (χ1v) is 8.36. The quantitative estimate of drug-likeness (QED) is 0.373. The summed E-state index contributed by atoms with van der Waals surface area (Å²) in [5.41, 5.74) is 1.11. The van der Waals surface area contributed by atoms with Crippen LogP contribution in [0.25, 0.3) is 0 Å². The summed E-state index contributed by atoms with van der Waals surface area (Å²) in [4.78, 5) is 7.22. The second-order valence-corrected chi connectivity index (χ2v) is 6.13. The highest BCUT2D eigenvalue weighted by Gasteiger charge is 2.30. The van der Waals surface area contributed by atoms with Crippen molar-refractivity contribution in [3.63, 3.8) is 0 Å². The van der Waals surface area contributed by atoms with Crippen molar-refractivity contribution >= 4 is 29.9 Å². The summed E-state index contributed by atoms with van der Waals surface area (Å²) in [6.45, 7) is 10.1. The second kappa shape index (κ2) is 10.1. The van der Waals surface area contributed by atoms with Crippen molar-refractivity contribution in [1.82, 2.24) is 25.3 Å². The van der Waals surface area contributed by atoms with Crippen LogP contribution in [-0.2, 0) is 13.6 Å². The molecule has 0 amide bonds. The van der Waals surface area contributed by atoms with E-state index in [1.165, 1.54) is 12.8 Å². The lowest BCUT2D eigenvalue weighted by atomic mass is 10.3. The predicted octanol–water partition coefficient (Wildman–Crippen LogP) is 1.97. The smallest absolute Gasteiger partial charge is 0.191 e. The molecule has 1 fully saturated rings. The van der Waals surface area contributed by atoms with Gasteiger partial charge in [-0.25, -0.2) is 4.99 Å². The highest BCUT2D eigenvalue weighted by atomic mass is 127. The van der Waals surface area contributed by atoms with Crippen molar-refractivity contribution in [1.29, 1.82) is 0 Å². The molecule has 2 rings (SSSR count). The lowest BCUT2D eigenvalue weighted by Gasteiger charge is -2.26. The molecule has 0 aliphatic heterocycles. The Morgan fingerprint density at radius 1 is 1.43 bits per heavy atom. The van der Waals surface area contributed by atoms with Gasteiger partial charge in [0.2, 0.25) is 0 Å². The van der Waals surface area contributed by atoms with Crippen molar-refractivity contribution in [3.8, 4) is 0 Å². The van der Waals surface area contributed by atoms with Gasteiger partial charge in [-0.1, -0.05) is 0 Å². The van der Waals surface area contributed by atoms with Crippen LogP contribution in [0.4, 0.5) is 0 Å². The van der Waals surface area contributed by atoms with E-state index in [2.05, 4.69) is 46.4 Å². The first kappa shape index (κ1) is 20.2. The Labute approximate surface area is 157 Å². The van der Waals surface area contributed by atoms with Gasteiger partial charge in [0.1, 0.15) is 0 Å². The molecule has 132 valence electrons. The van der Waals surface area contributed by atoms with Gasteiger partial charge in [0.05, 0.1) is 12.2 Å². The minimum absolute atomic E-state index is 0. The van der Waals surface area contributed by atoms with Gasteiger partial charge in [-0.15, -0.1) is 24.0 Å². The van der Waals surface area contributed by atoms with Crippen LogP contribution in [0.5, 0.6) is 0 Å². The minimum Gasteiger partial charge on any atom is -0.357 e. The Balaban J connectivity index is 0.00000264. The van der Waals surface area contributed by atoms with Crippen LogP contribution >= 0.6 is 24.0 Å². The third kappa shape index (κ3) is 6.66. The molecule has 1 aliphatic rings. The number of rotatable bonds is 8. The van der Waals surface area contributed by atoms with E-state index in [1.54, 1.807) is 6.20 Å². The zero-order valence-electron chi connectivity index (χ0n) is 14.7. The fraction of sp³-hybridized carbons (Fsp3) is 0.750. The van der Waals surface area contributed by atoms with E-state index in [0.717, 1.165) is 37.3 Å². The summed E-state index contributed by atoms with van der Waals surface area (Å²) in [5.74, 6) is 0.878. The molecule has 23 heavy (non-hydrogen) atoms. The third-order valence-electron chi connectivity index (χ3n) is 4.01. The van der Waals surface area contributed by atoms with Gasteiger partial charge < -0.3 is 10.6 Å². The average Bonchev–Trinajstić information content (AvgIpc) is 3.23. The number of aromatic nitrogens is 2. The zero-order chi connectivity index (χ0) is 15.9. The number of nitrogens with zero attached hydrogens (tertiary/aromatic N) is 4. The number of halogens is 1. The van der Waals surface area contributed by atoms with Gasteiger partial charge in [-0.2, -0.15) is 5.10 Å². The number of hydrogen-bond donors (Lipinski definition) is 2. The Morgan fingerprint density at radius 3 is 2.70 bits per heavy atom. The molecule has 1 aromatic heterocycles. The summed E-state index contributed by atoms with van der Waals surface area (Å²) in [7, 11) is 1.95. The Kier molecular flexibility index (Phi) is 8.90. The molecule has 1 aliphatic carbocycles. The van der Waals surface area contributed by atoms with Crippen molar-refractivity contribution in [2.24, 2.45) is 12.0 Å². The van der Waals surface area contributed by atoms with Crippen molar-refractivity contribution in [2.45, 2.75) is 52.2 Å². The van der Waals surface area contributed by atoms with Crippen LogP contribution < -0.4 is 10.6 Å². The zero-order valence-corrected chi connectivity index (χ0v) is 17.1. The van der Waals surface area contributed by atoms with Crippen LogP contribution in [0.15, 0.2) is 17.3 Å². The van der Waals surface area contributed by atoms with Crippen LogP contribution in [0.1, 0.15) is 39.3 Å². The molecule has 0 aromatic carbocycles. The molecule has 7 heteroatoms. The molecule has 1 saturated carbocycles. The molecular formula is C16H31IN6. The Morgan fingerprint density at radius 2 is 2.17 bits per heavy atom. The number of aryl methyl sites for hydroxylation is 1. The topological polar surface area (TPSA) is 57.5 Å². The van der Waals surface area contributed by atoms with Crippen LogP contribution in [0.3, 0.4) is 0 Å².